The standard InChI is InChI=1S/C22H31NO4/c1-22(2,3)27-20(24)18-13-16-11-7-8-12-17(16)19(23-18)21(25)26-14-15-9-5-4-6-10-15/h4-6,9-10,16-19,23H,7-8,11-14H2,1-3H3. The van der Waals surface area contributed by atoms with Crippen molar-refractivity contribution in [1.82, 2.24) is 5.32 Å². The predicted octanol–water partition coefficient (Wildman–Crippen LogP) is 3.61. The molecule has 1 aliphatic carbocycles. The van der Waals surface area contributed by atoms with Gasteiger partial charge in [-0.3, -0.25) is 14.9 Å². The van der Waals surface area contributed by atoms with Crippen LogP contribution in [0, 0.1) is 11.8 Å². The molecular formula is C22H31NO4. The zero-order valence-corrected chi connectivity index (χ0v) is 16.6. The van der Waals surface area contributed by atoms with Gasteiger partial charge in [-0.1, -0.05) is 49.6 Å². The number of carbonyl (C=O) groups excluding carboxylic acids is 2. The largest absolute Gasteiger partial charge is 0.460 e. The van der Waals surface area contributed by atoms with Crippen LogP contribution >= 0.6 is 0 Å². The van der Waals surface area contributed by atoms with Gasteiger partial charge in [0.05, 0.1) is 0 Å². The molecule has 1 aromatic rings. The second-order valence-electron chi connectivity index (χ2n) is 8.77. The van der Waals surface area contributed by atoms with E-state index in [2.05, 4.69) is 5.32 Å². The van der Waals surface area contributed by atoms with Gasteiger partial charge in [0.25, 0.3) is 0 Å². The molecule has 4 atom stereocenters. The molecule has 5 heteroatoms. The molecule has 0 amide bonds. The van der Waals surface area contributed by atoms with Crippen molar-refractivity contribution in [1.29, 1.82) is 0 Å². The highest BCUT2D eigenvalue weighted by Gasteiger charge is 2.45. The topological polar surface area (TPSA) is 64.6 Å². The Bertz CT molecular complexity index is 652. The second kappa shape index (κ2) is 8.42. The zero-order valence-electron chi connectivity index (χ0n) is 16.6. The Morgan fingerprint density at radius 1 is 1.07 bits per heavy atom. The molecule has 1 saturated heterocycles. The van der Waals surface area contributed by atoms with Crippen LogP contribution in [0.1, 0.15) is 58.4 Å². The fourth-order valence-corrected chi connectivity index (χ4v) is 4.28. The van der Waals surface area contributed by atoms with Crippen molar-refractivity contribution in [3.8, 4) is 0 Å². The minimum absolute atomic E-state index is 0.237. The van der Waals surface area contributed by atoms with Gasteiger partial charge in [0, 0.05) is 0 Å². The summed E-state index contributed by atoms with van der Waals surface area (Å²) >= 11 is 0. The number of ether oxygens (including phenoxy) is 2. The Balaban J connectivity index is 1.68. The number of benzene rings is 1. The average Bonchev–Trinajstić information content (AvgIpc) is 2.64. The van der Waals surface area contributed by atoms with E-state index in [0.29, 0.717) is 5.92 Å². The molecule has 0 radical (unpaired) electrons. The highest BCUT2D eigenvalue weighted by molar-refractivity contribution is 5.81. The van der Waals surface area contributed by atoms with Crippen molar-refractivity contribution in [3.05, 3.63) is 35.9 Å². The van der Waals surface area contributed by atoms with E-state index in [0.717, 1.165) is 37.7 Å². The number of hydrogen-bond acceptors (Lipinski definition) is 5. The number of fused-ring (bicyclic) bond motifs is 1. The lowest BCUT2D eigenvalue weighted by Crippen LogP contribution is -2.59. The van der Waals surface area contributed by atoms with E-state index >= 15 is 0 Å². The molecule has 1 aliphatic heterocycles. The van der Waals surface area contributed by atoms with Crippen molar-refractivity contribution < 1.29 is 19.1 Å². The average molecular weight is 373 g/mol. The quantitative estimate of drug-likeness (QED) is 0.817. The molecule has 0 spiro atoms. The monoisotopic (exact) mass is 373 g/mol. The lowest BCUT2D eigenvalue weighted by Gasteiger charge is -2.43. The molecule has 2 aliphatic rings. The molecule has 1 heterocycles. The third-order valence-electron chi connectivity index (χ3n) is 5.48. The van der Waals surface area contributed by atoms with Gasteiger partial charge in [-0.05, 0) is 51.0 Å². The second-order valence-corrected chi connectivity index (χ2v) is 8.77. The third kappa shape index (κ3) is 5.32. The minimum atomic E-state index is -0.536. The summed E-state index contributed by atoms with van der Waals surface area (Å²) in [4.78, 5) is 25.4. The first-order chi connectivity index (χ1) is 12.8. The van der Waals surface area contributed by atoms with E-state index in [1.54, 1.807) is 0 Å². The first kappa shape index (κ1) is 19.9. The fraction of sp³-hybridized carbons (Fsp3) is 0.636. The van der Waals surface area contributed by atoms with E-state index in [4.69, 9.17) is 9.47 Å². The van der Waals surface area contributed by atoms with E-state index in [-0.39, 0.29) is 24.5 Å². The summed E-state index contributed by atoms with van der Waals surface area (Å²) in [5.41, 5.74) is 0.427. The maximum atomic E-state index is 12.8. The molecule has 1 aromatic carbocycles. The number of hydrogen-bond donors (Lipinski definition) is 1. The highest BCUT2D eigenvalue weighted by atomic mass is 16.6. The molecule has 27 heavy (non-hydrogen) atoms. The lowest BCUT2D eigenvalue weighted by molar-refractivity contribution is -0.162. The number of carbonyl (C=O) groups is 2. The molecule has 1 N–H and O–H groups in total. The van der Waals surface area contributed by atoms with Gasteiger partial charge in [0.1, 0.15) is 24.3 Å². The van der Waals surface area contributed by atoms with Crippen LogP contribution in [0.4, 0.5) is 0 Å². The van der Waals surface area contributed by atoms with Gasteiger partial charge in [-0.15, -0.1) is 0 Å². The Labute approximate surface area is 161 Å². The van der Waals surface area contributed by atoms with Crippen molar-refractivity contribution >= 4 is 11.9 Å². The van der Waals surface area contributed by atoms with Gasteiger partial charge < -0.3 is 9.47 Å². The molecule has 148 valence electrons. The van der Waals surface area contributed by atoms with Crippen molar-refractivity contribution in [2.24, 2.45) is 11.8 Å². The van der Waals surface area contributed by atoms with E-state index in [1.165, 1.54) is 0 Å². The Hall–Kier alpha value is -1.88. The Kier molecular flexibility index (Phi) is 6.20. The summed E-state index contributed by atoms with van der Waals surface area (Å²) in [5, 5.41) is 3.26. The van der Waals surface area contributed by atoms with E-state index in [9.17, 15) is 9.59 Å². The van der Waals surface area contributed by atoms with Crippen molar-refractivity contribution in [3.63, 3.8) is 0 Å². The highest BCUT2D eigenvalue weighted by Crippen LogP contribution is 2.39. The van der Waals surface area contributed by atoms with E-state index in [1.807, 2.05) is 51.1 Å². The maximum Gasteiger partial charge on any atom is 0.323 e. The smallest absolute Gasteiger partial charge is 0.323 e. The van der Waals surface area contributed by atoms with Gasteiger partial charge >= 0.3 is 11.9 Å². The predicted molar refractivity (Wildman–Crippen MR) is 103 cm³/mol. The lowest BCUT2D eigenvalue weighted by atomic mass is 9.70. The van der Waals surface area contributed by atoms with Crippen LogP contribution < -0.4 is 5.32 Å². The molecule has 1 saturated carbocycles. The zero-order chi connectivity index (χ0) is 19.4. The fourth-order valence-electron chi connectivity index (χ4n) is 4.28. The van der Waals surface area contributed by atoms with Crippen LogP contribution in [0.15, 0.2) is 30.3 Å². The molecule has 0 bridgehead atoms. The first-order valence-electron chi connectivity index (χ1n) is 10.0. The van der Waals surface area contributed by atoms with Gasteiger partial charge in [-0.2, -0.15) is 0 Å². The van der Waals surface area contributed by atoms with Gasteiger partial charge in [0.15, 0.2) is 0 Å². The van der Waals surface area contributed by atoms with Crippen LogP contribution in [0.25, 0.3) is 0 Å². The molecule has 4 unspecified atom stereocenters. The summed E-state index contributed by atoms with van der Waals surface area (Å²) in [7, 11) is 0. The molecule has 0 aromatic heterocycles. The number of rotatable bonds is 4. The Morgan fingerprint density at radius 2 is 1.78 bits per heavy atom. The Morgan fingerprint density at radius 3 is 2.48 bits per heavy atom. The summed E-state index contributed by atoms with van der Waals surface area (Å²) in [5.74, 6) is 0.0731. The van der Waals surface area contributed by atoms with Gasteiger partial charge in [0.2, 0.25) is 0 Å². The molecule has 2 fully saturated rings. The maximum absolute atomic E-state index is 12.8. The normalized spacial score (nSPS) is 28.1. The van der Waals surface area contributed by atoms with E-state index < -0.39 is 17.7 Å². The van der Waals surface area contributed by atoms with Crippen LogP contribution in [0.3, 0.4) is 0 Å². The SMILES string of the molecule is CC(C)(C)OC(=O)C1CC2CCCCC2C(C(=O)OCc2ccccc2)N1. The van der Waals surface area contributed by atoms with Crippen molar-refractivity contribution in [2.75, 3.05) is 0 Å². The third-order valence-corrected chi connectivity index (χ3v) is 5.48. The van der Waals surface area contributed by atoms with Crippen LogP contribution in [-0.4, -0.2) is 29.6 Å². The first-order valence-corrected chi connectivity index (χ1v) is 10.0. The number of piperidine rings is 1. The minimum Gasteiger partial charge on any atom is -0.460 e. The summed E-state index contributed by atoms with van der Waals surface area (Å²) in [6.45, 7) is 5.85. The molecule has 5 nitrogen and oxygen atoms in total. The summed E-state index contributed by atoms with van der Waals surface area (Å²) in [6.07, 6.45) is 5.09. The molecule has 3 rings (SSSR count). The molecular weight excluding hydrogens is 342 g/mol. The summed E-state index contributed by atoms with van der Waals surface area (Å²) < 4.78 is 11.2. The number of nitrogens with one attached hydrogen (secondary N) is 1. The number of esters is 2. The van der Waals surface area contributed by atoms with Crippen LogP contribution in [0.5, 0.6) is 0 Å². The summed E-state index contributed by atoms with van der Waals surface area (Å²) in [6, 6.07) is 8.79. The van der Waals surface area contributed by atoms with Crippen LogP contribution in [0.2, 0.25) is 0 Å². The van der Waals surface area contributed by atoms with Crippen molar-refractivity contribution in [2.45, 2.75) is 77.2 Å². The van der Waals surface area contributed by atoms with Gasteiger partial charge in [-0.25, -0.2) is 0 Å². The van der Waals surface area contributed by atoms with Crippen LogP contribution in [-0.2, 0) is 25.7 Å².